The van der Waals surface area contributed by atoms with Crippen molar-refractivity contribution in [1.29, 1.82) is 0 Å². The van der Waals surface area contributed by atoms with Gasteiger partial charge in [-0.15, -0.1) is 5.92 Å². The highest BCUT2D eigenvalue weighted by molar-refractivity contribution is 6.15. The molecular formula is C21H19FN2O3. The molecule has 0 radical (unpaired) electrons. The highest BCUT2D eigenvalue weighted by atomic mass is 19.1. The van der Waals surface area contributed by atoms with Gasteiger partial charge in [-0.2, -0.15) is 0 Å². The molecule has 1 aromatic heterocycles. The van der Waals surface area contributed by atoms with Gasteiger partial charge in [0.25, 0.3) is 0 Å². The summed E-state index contributed by atoms with van der Waals surface area (Å²) in [7, 11) is 2.93. The van der Waals surface area contributed by atoms with Crippen molar-refractivity contribution < 1.29 is 18.7 Å². The smallest absolute Gasteiger partial charge is 0.238 e. The summed E-state index contributed by atoms with van der Waals surface area (Å²) in [5.41, 5.74) is 1.08. The number of hydrogen-bond acceptors (Lipinski definition) is 4. The maximum Gasteiger partial charge on any atom is 0.238 e. The molecule has 0 aliphatic carbocycles. The molecule has 3 rings (SSSR count). The third-order valence-corrected chi connectivity index (χ3v) is 4.67. The van der Waals surface area contributed by atoms with Crippen molar-refractivity contribution in [2.45, 2.75) is 25.3 Å². The van der Waals surface area contributed by atoms with Crippen LogP contribution in [0.25, 0.3) is 0 Å². The summed E-state index contributed by atoms with van der Waals surface area (Å²) in [6, 6.07) is 7.45. The van der Waals surface area contributed by atoms with Crippen LogP contribution in [0.2, 0.25) is 0 Å². The number of likely N-dealkylation sites (tertiary alicyclic amines) is 1. The molecule has 138 valence electrons. The van der Waals surface area contributed by atoms with Crippen LogP contribution in [0, 0.1) is 17.7 Å². The molecular weight excluding hydrogens is 347 g/mol. The van der Waals surface area contributed by atoms with Gasteiger partial charge in [-0.3, -0.25) is 14.6 Å². The molecule has 2 unspecified atom stereocenters. The molecule has 0 spiro atoms. The van der Waals surface area contributed by atoms with Gasteiger partial charge in [0.2, 0.25) is 5.91 Å². The van der Waals surface area contributed by atoms with Gasteiger partial charge in [-0.1, -0.05) is 12.0 Å². The molecule has 1 aliphatic heterocycles. The number of ketones is 1. The predicted molar refractivity (Wildman–Crippen MR) is 97.8 cm³/mol. The van der Waals surface area contributed by atoms with Crippen LogP contribution < -0.4 is 4.74 Å². The van der Waals surface area contributed by atoms with Crippen molar-refractivity contribution in [2.24, 2.45) is 0 Å². The van der Waals surface area contributed by atoms with Gasteiger partial charge in [0.1, 0.15) is 17.5 Å². The molecule has 2 heterocycles. The number of likely N-dealkylation sites (N-methyl/N-ethyl adjacent to an activating group) is 1. The second-order valence-electron chi connectivity index (χ2n) is 6.27. The zero-order chi connectivity index (χ0) is 19.6. The zero-order valence-corrected chi connectivity index (χ0v) is 15.3. The summed E-state index contributed by atoms with van der Waals surface area (Å²) in [6.07, 6.45) is 1.91. The van der Waals surface area contributed by atoms with Crippen molar-refractivity contribution in [3.05, 3.63) is 59.2 Å². The van der Waals surface area contributed by atoms with Gasteiger partial charge in [0, 0.05) is 36.5 Å². The van der Waals surface area contributed by atoms with E-state index in [-0.39, 0.29) is 23.5 Å². The number of hydrogen-bond donors (Lipinski definition) is 0. The summed E-state index contributed by atoms with van der Waals surface area (Å²) in [6.45, 7) is 1.64. The zero-order valence-electron chi connectivity index (χ0n) is 15.3. The number of halogens is 1. The molecule has 0 saturated carbocycles. The SMILES string of the molecule is CC#Cc1cc(F)c(C2C(=O)C(Cc3ccccn3)N(C)C2=O)c(OC)c1. The van der Waals surface area contributed by atoms with Gasteiger partial charge in [0.05, 0.1) is 13.2 Å². The molecule has 1 fully saturated rings. The van der Waals surface area contributed by atoms with E-state index in [1.54, 1.807) is 38.4 Å². The highest BCUT2D eigenvalue weighted by Crippen LogP contribution is 2.37. The predicted octanol–water partition coefficient (Wildman–Crippen LogP) is 2.34. The van der Waals surface area contributed by atoms with E-state index >= 15 is 0 Å². The lowest BCUT2D eigenvalue weighted by Crippen LogP contribution is -2.33. The molecule has 1 amide bonds. The minimum absolute atomic E-state index is 0.0375. The summed E-state index contributed by atoms with van der Waals surface area (Å²) in [5, 5.41) is 0. The first-order valence-corrected chi connectivity index (χ1v) is 8.48. The normalized spacial score (nSPS) is 19.0. The van der Waals surface area contributed by atoms with Gasteiger partial charge < -0.3 is 9.64 Å². The standard InChI is InChI=1S/C21H19FN2O3/c1-4-7-13-10-15(22)18(17(11-13)27-3)19-20(25)16(24(2)21(19)26)12-14-8-5-6-9-23-14/h5-6,8-11,16,19H,12H2,1-3H3. The van der Waals surface area contributed by atoms with Gasteiger partial charge >= 0.3 is 0 Å². The van der Waals surface area contributed by atoms with E-state index in [9.17, 15) is 14.0 Å². The maximum atomic E-state index is 14.8. The minimum atomic E-state index is -1.23. The number of pyridine rings is 1. The third-order valence-electron chi connectivity index (χ3n) is 4.67. The Hall–Kier alpha value is -3.20. The fourth-order valence-corrected chi connectivity index (χ4v) is 3.34. The van der Waals surface area contributed by atoms with Crippen molar-refractivity contribution >= 4 is 11.7 Å². The van der Waals surface area contributed by atoms with Crippen molar-refractivity contribution in [2.75, 3.05) is 14.2 Å². The number of carbonyl (C=O) groups is 2. The lowest BCUT2D eigenvalue weighted by Gasteiger charge is -2.17. The Labute approximate surface area is 157 Å². The Kier molecular flexibility index (Phi) is 5.22. The van der Waals surface area contributed by atoms with Crippen LogP contribution in [0.4, 0.5) is 4.39 Å². The van der Waals surface area contributed by atoms with E-state index in [1.165, 1.54) is 18.1 Å². The van der Waals surface area contributed by atoms with Crippen LogP contribution in [0.5, 0.6) is 5.75 Å². The van der Waals surface area contributed by atoms with Crippen LogP contribution in [-0.4, -0.2) is 41.8 Å². The largest absolute Gasteiger partial charge is 0.496 e. The van der Waals surface area contributed by atoms with Gasteiger partial charge in [0.15, 0.2) is 5.78 Å². The maximum absolute atomic E-state index is 14.8. The van der Waals surface area contributed by atoms with Crippen LogP contribution in [0.15, 0.2) is 36.5 Å². The van der Waals surface area contributed by atoms with E-state index in [4.69, 9.17) is 4.74 Å². The Balaban J connectivity index is 2.00. The molecule has 5 nitrogen and oxygen atoms in total. The topological polar surface area (TPSA) is 59.5 Å². The molecule has 1 aromatic carbocycles. The molecule has 1 aliphatic rings. The average molecular weight is 366 g/mol. The molecule has 0 bridgehead atoms. The molecule has 1 saturated heterocycles. The first kappa shape index (κ1) is 18.6. The Morgan fingerprint density at radius 1 is 1.30 bits per heavy atom. The number of carbonyl (C=O) groups excluding carboxylic acids is 2. The fourth-order valence-electron chi connectivity index (χ4n) is 3.34. The summed E-state index contributed by atoms with van der Waals surface area (Å²) in [5.74, 6) is 2.87. The number of amides is 1. The lowest BCUT2D eigenvalue weighted by molar-refractivity contribution is -0.129. The van der Waals surface area contributed by atoms with Crippen LogP contribution in [-0.2, 0) is 16.0 Å². The van der Waals surface area contributed by atoms with E-state index in [0.717, 1.165) is 0 Å². The number of ether oxygens (including phenoxy) is 1. The number of nitrogens with zero attached hydrogens (tertiary/aromatic N) is 2. The summed E-state index contributed by atoms with van der Waals surface area (Å²) < 4.78 is 20.1. The summed E-state index contributed by atoms with van der Waals surface area (Å²) in [4.78, 5) is 31.4. The number of benzene rings is 1. The Morgan fingerprint density at radius 3 is 2.70 bits per heavy atom. The number of rotatable bonds is 4. The first-order chi connectivity index (χ1) is 13.0. The highest BCUT2D eigenvalue weighted by Gasteiger charge is 2.48. The second-order valence-corrected chi connectivity index (χ2v) is 6.27. The number of methoxy groups -OCH3 is 1. The third kappa shape index (κ3) is 3.41. The molecule has 6 heteroatoms. The number of Topliss-reactive ketones (excluding diaryl/α,β-unsaturated/α-hetero) is 1. The Morgan fingerprint density at radius 2 is 2.07 bits per heavy atom. The van der Waals surface area contributed by atoms with Gasteiger partial charge in [-0.05, 0) is 31.2 Å². The van der Waals surface area contributed by atoms with Crippen LogP contribution >= 0.6 is 0 Å². The average Bonchev–Trinajstić information content (AvgIpc) is 2.86. The minimum Gasteiger partial charge on any atom is -0.496 e. The van der Waals surface area contributed by atoms with E-state index in [0.29, 0.717) is 11.3 Å². The van der Waals surface area contributed by atoms with Gasteiger partial charge in [-0.25, -0.2) is 4.39 Å². The summed E-state index contributed by atoms with van der Waals surface area (Å²) >= 11 is 0. The molecule has 27 heavy (non-hydrogen) atoms. The first-order valence-electron chi connectivity index (χ1n) is 8.48. The van der Waals surface area contributed by atoms with E-state index in [1.807, 2.05) is 6.07 Å². The monoisotopic (exact) mass is 366 g/mol. The second kappa shape index (κ2) is 7.58. The van der Waals surface area contributed by atoms with E-state index in [2.05, 4.69) is 16.8 Å². The van der Waals surface area contributed by atoms with Crippen molar-refractivity contribution in [3.8, 4) is 17.6 Å². The van der Waals surface area contributed by atoms with E-state index < -0.39 is 23.7 Å². The van der Waals surface area contributed by atoms with Crippen molar-refractivity contribution in [1.82, 2.24) is 9.88 Å². The van der Waals surface area contributed by atoms with Crippen LogP contribution in [0.1, 0.15) is 29.7 Å². The van der Waals surface area contributed by atoms with Crippen molar-refractivity contribution in [3.63, 3.8) is 0 Å². The number of aromatic nitrogens is 1. The lowest BCUT2D eigenvalue weighted by atomic mass is 9.91. The molecule has 2 atom stereocenters. The molecule has 2 aromatic rings. The molecule has 0 N–H and O–H groups in total. The Bertz CT molecular complexity index is 947. The fraction of sp³-hybridized carbons (Fsp3) is 0.286. The quantitative estimate of drug-likeness (QED) is 0.616. The van der Waals surface area contributed by atoms with Crippen LogP contribution in [0.3, 0.4) is 0 Å².